The highest BCUT2D eigenvalue weighted by atomic mass is 16.5. The fraction of sp³-hybridized carbons (Fsp3) is 0.917. The van der Waals surface area contributed by atoms with Gasteiger partial charge in [-0.1, -0.05) is 0 Å². The topological polar surface area (TPSA) is 93.8 Å². The second kappa shape index (κ2) is 7.68. The van der Waals surface area contributed by atoms with Crippen molar-refractivity contribution >= 4 is 5.91 Å². The third-order valence-electron chi connectivity index (χ3n) is 3.61. The molecular formula is C12H24N2O4. The largest absolute Gasteiger partial charge is 0.391 e. The van der Waals surface area contributed by atoms with Crippen LogP contribution in [-0.2, 0) is 14.3 Å². The minimum atomic E-state index is -0.636. The predicted octanol–water partition coefficient (Wildman–Crippen LogP) is -0.748. The number of rotatable bonds is 6. The van der Waals surface area contributed by atoms with Gasteiger partial charge in [0.05, 0.1) is 24.9 Å². The summed E-state index contributed by atoms with van der Waals surface area (Å²) in [6.45, 7) is 0.142. The van der Waals surface area contributed by atoms with Gasteiger partial charge in [-0.25, -0.2) is 0 Å². The van der Waals surface area contributed by atoms with Gasteiger partial charge in [0.2, 0.25) is 5.91 Å². The van der Waals surface area contributed by atoms with Crippen LogP contribution >= 0.6 is 0 Å². The lowest BCUT2D eigenvalue weighted by Gasteiger charge is -2.37. The van der Waals surface area contributed by atoms with E-state index in [9.17, 15) is 9.90 Å². The van der Waals surface area contributed by atoms with Crippen molar-refractivity contribution in [2.24, 2.45) is 11.7 Å². The van der Waals surface area contributed by atoms with E-state index in [1.54, 1.807) is 14.2 Å². The molecule has 0 heterocycles. The summed E-state index contributed by atoms with van der Waals surface area (Å²) in [7, 11) is 3.33. The molecule has 6 nitrogen and oxygen atoms in total. The summed E-state index contributed by atoms with van der Waals surface area (Å²) in [4.78, 5) is 11.1. The van der Waals surface area contributed by atoms with Crippen LogP contribution in [0.2, 0.25) is 0 Å². The molecule has 0 aliphatic heterocycles. The first-order chi connectivity index (χ1) is 8.62. The van der Waals surface area contributed by atoms with Crippen molar-refractivity contribution in [3.63, 3.8) is 0 Å². The Hall–Kier alpha value is -0.690. The number of aliphatic hydroxyl groups is 1. The number of amides is 1. The molecule has 0 spiro atoms. The molecule has 106 valence electrons. The van der Waals surface area contributed by atoms with Crippen molar-refractivity contribution in [1.82, 2.24) is 5.32 Å². The van der Waals surface area contributed by atoms with Crippen molar-refractivity contribution < 1.29 is 19.4 Å². The highest BCUT2D eigenvalue weighted by Gasteiger charge is 2.35. The Balaban J connectivity index is 2.50. The third kappa shape index (κ3) is 4.20. The lowest BCUT2D eigenvalue weighted by atomic mass is 9.81. The summed E-state index contributed by atoms with van der Waals surface area (Å²) >= 11 is 0. The van der Waals surface area contributed by atoms with Gasteiger partial charge in [0.25, 0.3) is 0 Å². The fourth-order valence-corrected chi connectivity index (χ4v) is 2.49. The standard InChI is InChI=1S/C12H24N2O4/c1-17-8-3-4-11(18-2)9(5-8)10(15)7-14-12(16)6-13/h8-11,15H,3-7,13H2,1-2H3,(H,14,16). The minimum absolute atomic E-state index is 0.0150. The summed E-state index contributed by atoms with van der Waals surface area (Å²) < 4.78 is 10.7. The van der Waals surface area contributed by atoms with Crippen LogP contribution in [0, 0.1) is 5.92 Å². The smallest absolute Gasteiger partial charge is 0.233 e. The Bertz CT molecular complexity index is 262. The third-order valence-corrected chi connectivity index (χ3v) is 3.61. The van der Waals surface area contributed by atoms with Crippen LogP contribution in [0.1, 0.15) is 19.3 Å². The van der Waals surface area contributed by atoms with E-state index >= 15 is 0 Å². The first kappa shape index (κ1) is 15.4. The van der Waals surface area contributed by atoms with Crippen LogP contribution in [0.15, 0.2) is 0 Å². The van der Waals surface area contributed by atoms with Gasteiger partial charge in [0, 0.05) is 26.7 Å². The normalized spacial score (nSPS) is 29.9. The summed E-state index contributed by atoms with van der Waals surface area (Å²) in [6.07, 6.45) is 2.08. The molecule has 0 radical (unpaired) electrons. The Morgan fingerprint density at radius 3 is 2.72 bits per heavy atom. The van der Waals surface area contributed by atoms with Crippen LogP contribution in [0.4, 0.5) is 0 Å². The van der Waals surface area contributed by atoms with E-state index in [1.165, 1.54) is 0 Å². The number of carbonyl (C=O) groups is 1. The van der Waals surface area contributed by atoms with Crippen molar-refractivity contribution in [1.29, 1.82) is 0 Å². The summed E-state index contributed by atoms with van der Waals surface area (Å²) in [5.74, 6) is -0.283. The molecule has 18 heavy (non-hydrogen) atoms. The van der Waals surface area contributed by atoms with Gasteiger partial charge >= 0.3 is 0 Å². The molecule has 1 aliphatic rings. The molecule has 1 amide bonds. The molecule has 4 unspecified atom stereocenters. The van der Waals surface area contributed by atoms with E-state index in [2.05, 4.69) is 5.32 Å². The Morgan fingerprint density at radius 1 is 1.44 bits per heavy atom. The van der Waals surface area contributed by atoms with Crippen LogP contribution in [0.5, 0.6) is 0 Å². The van der Waals surface area contributed by atoms with E-state index in [1.807, 2.05) is 0 Å². The Labute approximate surface area is 108 Å². The molecule has 0 aromatic heterocycles. The molecule has 0 saturated heterocycles. The fourth-order valence-electron chi connectivity index (χ4n) is 2.49. The van der Waals surface area contributed by atoms with E-state index in [0.29, 0.717) is 0 Å². The first-order valence-corrected chi connectivity index (χ1v) is 6.32. The van der Waals surface area contributed by atoms with E-state index in [-0.39, 0.29) is 37.1 Å². The highest BCUT2D eigenvalue weighted by Crippen LogP contribution is 2.30. The molecule has 1 rings (SSSR count). The van der Waals surface area contributed by atoms with Crippen LogP contribution in [0.25, 0.3) is 0 Å². The second-order valence-corrected chi connectivity index (χ2v) is 4.68. The number of hydrogen-bond acceptors (Lipinski definition) is 5. The number of methoxy groups -OCH3 is 2. The van der Waals surface area contributed by atoms with Gasteiger partial charge in [0.15, 0.2) is 0 Å². The molecule has 6 heteroatoms. The van der Waals surface area contributed by atoms with Crippen LogP contribution in [0.3, 0.4) is 0 Å². The predicted molar refractivity (Wildman–Crippen MR) is 67.0 cm³/mol. The van der Waals surface area contributed by atoms with Gasteiger partial charge in [-0.05, 0) is 19.3 Å². The molecular weight excluding hydrogens is 236 g/mol. The van der Waals surface area contributed by atoms with E-state index in [4.69, 9.17) is 15.2 Å². The van der Waals surface area contributed by atoms with Gasteiger partial charge < -0.3 is 25.6 Å². The number of nitrogens with one attached hydrogen (secondary N) is 1. The summed E-state index contributed by atoms with van der Waals surface area (Å²) in [6, 6.07) is 0. The molecule has 4 atom stereocenters. The maximum Gasteiger partial charge on any atom is 0.233 e. The molecule has 1 aliphatic carbocycles. The molecule has 0 aromatic rings. The van der Waals surface area contributed by atoms with Gasteiger partial charge in [-0.15, -0.1) is 0 Å². The van der Waals surface area contributed by atoms with Crippen LogP contribution < -0.4 is 11.1 Å². The van der Waals surface area contributed by atoms with Crippen LogP contribution in [-0.4, -0.2) is 56.6 Å². The lowest BCUT2D eigenvalue weighted by Crippen LogP contribution is -2.46. The number of hydrogen-bond donors (Lipinski definition) is 3. The molecule has 0 bridgehead atoms. The Kier molecular flexibility index (Phi) is 6.56. The van der Waals surface area contributed by atoms with Crippen molar-refractivity contribution in [2.45, 2.75) is 37.6 Å². The summed E-state index contributed by atoms with van der Waals surface area (Å²) in [5, 5.41) is 12.7. The van der Waals surface area contributed by atoms with E-state index in [0.717, 1.165) is 19.3 Å². The van der Waals surface area contributed by atoms with Gasteiger partial charge in [-0.3, -0.25) is 4.79 Å². The lowest BCUT2D eigenvalue weighted by molar-refractivity contribution is -0.121. The Morgan fingerprint density at radius 2 is 2.17 bits per heavy atom. The average molecular weight is 260 g/mol. The quantitative estimate of drug-likeness (QED) is 0.584. The molecule has 1 saturated carbocycles. The summed E-state index contributed by atoms with van der Waals surface area (Å²) in [5.41, 5.74) is 5.20. The van der Waals surface area contributed by atoms with Crippen molar-refractivity contribution in [3.8, 4) is 0 Å². The van der Waals surface area contributed by atoms with Crippen molar-refractivity contribution in [2.75, 3.05) is 27.3 Å². The number of aliphatic hydroxyl groups excluding tert-OH is 1. The zero-order chi connectivity index (χ0) is 13.5. The monoisotopic (exact) mass is 260 g/mol. The highest BCUT2D eigenvalue weighted by molar-refractivity contribution is 5.77. The minimum Gasteiger partial charge on any atom is -0.391 e. The second-order valence-electron chi connectivity index (χ2n) is 4.68. The van der Waals surface area contributed by atoms with E-state index < -0.39 is 6.10 Å². The zero-order valence-corrected chi connectivity index (χ0v) is 11.1. The number of carbonyl (C=O) groups excluding carboxylic acids is 1. The average Bonchev–Trinajstić information content (AvgIpc) is 2.43. The maximum atomic E-state index is 11.1. The molecule has 4 N–H and O–H groups in total. The number of ether oxygens (including phenoxy) is 2. The number of nitrogens with two attached hydrogens (primary N) is 1. The SMILES string of the molecule is COC1CCC(OC)C(C(O)CNC(=O)CN)C1. The van der Waals surface area contributed by atoms with Gasteiger partial charge in [0.1, 0.15) is 0 Å². The van der Waals surface area contributed by atoms with Gasteiger partial charge in [-0.2, -0.15) is 0 Å². The molecule has 0 aromatic carbocycles. The zero-order valence-electron chi connectivity index (χ0n) is 11.1. The van der Waals surface area contributed by atoms with Crippen molar-refractivity contribution in [3.05, 3.63) is 0 Å². The maximum absolute atomic E-state index is 11.1. The first-order valence-electron chi connectivity index (χ1n) is 6.32. The molecule has 1 fully saturated rings.